The predicted octanol–water partition coefficient (Wildman–Crippen LogP) is 4.87. The van der Waals surface area contributed by atoms with Gasteiger partial charge in [0.05, 0.1) is 5.56 Å². The van der Waals surface area contributed by atoms with Crippen LogP contribution in [0.4, 0.5) is 4.39 Å². The summed E-state index contributed by atoms with van der Waals surface area (Å²) in [5.74, 6) is -0.517. The number of benzene rings is 2. The number of amides is 1. The highest BCUT2D eigenvalue weighted by molar-refractivity contribution is 6.31. The molecule has 2 aromatic carbocycles. The Hall–Kier alpha value is -3.12. The average Bonchev–Trinajstić information content (AvgIpc) is 3.02. The summed E-state index contributed by atoms with van der Waals surface area (Å²) in [6, 6.07) is 11.7. The summed E-state index contributed by atoms with van der Waals surface area (Å²) in [7, 11) is 1.84. The third kappa shape index (κ3) is 3.83. The number of hydrogen-bond donors (Lipinski definition) is 1. The predicted molar refractivity (Wildman–Crippen MR) is 122 cm³/mol. The van der Waals surface area contributed by atoms with E-state index in [1.165, 1.54) is 12.1 Å². The number of nitrogens with one attached hydrogen (secondary N) is 1. The van der Waals surface area contributed by atoms with Gasteiger partial charge in [-0.2, -0.15) is 0 Å². The minimum Gasteiger partial charge on any atom is -0.348 e. The summed E-state index contributed by atoms with van der Waals surface area (Å²) in [5, 5.41) is 4.60. The first-order chi connectivity index (χ1) is 14.8. The molecule has 0 aliphatic carbocycles. The fourth-order valence-electron chi connectivity index (χ4n) is 3.97. The van der Waals surface area contributed by atoms with Crippen molar-refractivity contribution < 1.29 is 9.18 Å². The standard InChI is InChI=1S/C24H23ClFN3O2/c1-14(2)12-29-13-18(23(30)27-11-15-8-9-16(26)10-19(15)25)21-17-6-4-5-7-20(17)28(3)22(21)24(29)31/h4-10,13-14H,11-12H2,1-3H3,(H,27,30). The molecule has 0 radical (unpaired) electrons. The van der Waals surface area contributed by atoms with Gasteiger partial charge in [0.1, 0.15) is 11.3 Å². The van der Waals surface area contributed by atoms with Crippen LogP contribution in [0.3, 0.4) is 0 Å². The number of nitrogens with zero attached hydrogens (tertiary/aromatic N) is 2. The molecule has 0 saturated carbocycles. The van der Waals surface area contributed by atoms with E-state index in [1.54, 1.807) is 16.8 Å². The largest absolute Gasteiger partial charge is 0.348 e. The summed E-state index contributed by atoms with van der Waals surface area (Å²) in [4.78, 5) is 26.5. The lowest BCUT2D eigenvalue weighted by atomic mass is 10.1. The summed E-state index contributed by atoms with van der Waals surface area (Å²) in [6.07, 6.45) is 1.64. The Morgan fingerprint density at radius 1 is 1.19 bits per heavy atom. The average molecular weight is 440 g/mol. The maximum atomic E-state index is 13.3. The quantitative estimate of drug-likeness (QED) is 0.482. The lowest BCUT2D eigenvalue weighted by Gasteiger charge is -2.14. The molecule has 31 heavy (non-hydrogen) atoms. The van der Waals surface area contributed by atoms with Crippen molar-refractivity contribution >= 4 is 39.3 Å². The van der Waals surface area contributed by atoms with Crippen molar-refractivity contribution in [1.82, 2.24) is 14.5 Å². The van der Waals surface area contributed by atoms with E-state index in [1.807, 2.05) is 49.7 Å². The highest BCUT2D eigenvalue weighted by Gasteiger charge is 2.21. The molecule has 1 N–H and O–H groups in total. The van der Waals surface area contributed by atoms with Gasteiger partial charge in [0, 0.05) is 47.6 Å². The lowest BCUT2D eigenvalue weighted by molar-refractivity contribution is 0.0951. The van der Waals surface area contributed by atoms with Crippen molar-refractivity contribution in [2.45, 2.75) is 26.9 Å². The van der Waals surface area contributed by atoms with E-state index in [-0.39, 0.29) is 29.0 Å². The summed E-state index contributed by atoms with van der Waals surface area (Å²) < 4.78 is 16.8. The number of pyridine rings is 1. The van der Waals surface area contributed by atoms with Crippen LogP contribution in [0.2, 0.25) is 5.02 Å². The Balaban J connectivity index is 1.85. The van der Waals surface area contributed by atoms with Crippen molar-refractivity contribution in [3.63, 3.8) is 0 Å². The van der Waals surface area contributed by atoms with Crippen molar-refractivity contribution in [1.29, 1.82) is 0 Å². The molecule has 1 amide bonds. The van der Waals surface area contributed by atoms with Crippen LogP contribution in [0.15, 0.2) is 53.5 Å². The van der Waals surface area contributed by atoms with Gasteiger partial charge < -0.3 is 14.5 Å². The maximum Gasteiger partial charge on any atom is 0.275 e. The minimum absolute atomic E-state index is 0.125. The van der Waals surface area contributed by atoms with Gasteiger partial charge in [-0.25, -0.2) is 4.39 Å². The van der Waals surface area contributed by atoms with Crippen LogP contribution in [0, 0.1) is 11.7 Å². The Bertz CT molecular complexity index is 1370. The second-order valence-electron chi connectivity index (χ2n) is 8.11. The van der Waals surface area contributed by atoms with Crippen molar-refractivity contribution in [3.05, 3.63) is 81.0 Å². The molecule has 4 rings (SSSR count). The Morgan fingerprint density at radius 2 is 1.94 bits per heavy atom. The van der Waals surface area contributed by atoms with E-state index in [0.717, 1.165) is 10.9 Å². The molecule has 0 atom stereocenters. The first kappa shape index (κ1) is 21.1. The third-order valence-electron chi connectivity index (χ3n) is 5.39. The highest BCUT2D eigenvalue weighted by atomic mass is 35.5. The fourth-order valence-corrected chi connectivity index (χ4v) is 4.20. The highest BCUT2D eigenvalue weighted by Crippen LogP contribution is 2.29. The molecule has 5 nitrogen and oxygen atoms in total. The molecular weight excluding hydrogens is 417 g/mol. The topological polar surface area (TPSA) is 56.0 Å². The van der Waals surface area contributed by atoms with Crippen LogP contribution in [0.5, 0.6) is 0 Å². The molecule has 0 spiro atoms. The molecule has 0 aliphatic heterocycles. The zero-order valence-corrected chi connectivity index (χ0v) is 18.3. The summed E-state index contributed by atoms with van der Waals surface area (Å²) in [5.41, 5.74) is 2.29. The molecule has 0 saturated heterocycles. The van der Waals surface area contributed by atoms with E-state index in [0.29, 0.717) is 28.6 Å². The summed E-state index contributed by atoms with van der Waals surface area (Å²) >= 11 is 6.10. The molecule has 160 valence electrons. The number of carbonyl (C=O) groups excluding carboxylic acids is 1. The van der Waals surface area contributed by atoms with Crippen molar-refractivity contribution in [3.8, 4) is 0 Å². The first-order valence-electron chi connectivity index (χ1n) is 10.1. The van der Waals surface area contributed by atoms with Gasteiger partial charge >= 0.3 is 0 Å². The normalized spacial score (nSPS) is 11.5. The zero-order valence-electron chi connectivity index (χ0n) is 17.6. The van der Waals surface area contributed by atoms with Gasteiger partial charge in [-0.1, -0.05) is 49.7 Å². The van der Waals surface area contributed by atoms with E-state index in [2.05, 4.69) is 5.32 Å². The molecule has 2 heterocycles. The van der Waals surface area contributed by atoms with Gasteiger partial charge in [-0.05, 0) is 29.7 Å². The number of rotatable bonds is 5. The van der Waals surface area contributed by atoms with Crippen LogP contribution in [0.25, 0.3) is 21.8 Å². The number of fused-ring (bicyclic) bond motifs is 3. The molecule has 0 unspecified atom stereocenters. The number of halogens is 2. The van der Waals surface area contributed by atoms with Crippen LogP contribution in [-0.2, 0) is 20.1 Å². The van der Waals surface area contributed by atoms with E-state index in [9.17, 15) is 14.0 Å². The maximum absolute atomic E-state index is 13.3. The number of aromatic nitrogens is 2. The number of hydrogen-bond acceptors (Lipinski definition) is 2. The molecule has 4 aromatic rings. The number of carbonyl (C=O) groups is 1. The smallest absolute Gasteiger partial charge is 0.275 e. The molecule has 2 aromatic heterocycles. The first-order valence-corrected chi connectivity index (χ1v) is 10.5. The number of aryl methyl sites for hydroxylation is 1. The van der Waals surface area contributed by atoms with Gasteiger partial charge in [0.2, 0.25) is 0 Å². The van der Waals surface area contributed by atoms with Gasteiger partial charge in [0.25, 0.3) is 11.5 Å². The van der Waals surface area contributed by atoms with Crippen LogP contribution in [0.1, 0.15) is 29.8 Å². The molecular formula is C24H23ClFN3O2. The van der Waals surface area contributed by atoms with Crippen LogP contribution >= 0.6 is 11.6 Å². The van der Waals surface area contributed by atoms with Gasteiger partial charge in [-0.15, -0.1) is 0 Å². The lowest BCUT2D eigenvalue weighted by Crippen LogP contribution is -2.29. The Kier molecular flexibility index (Phi) is 5.58. The molecule has 0 aliphatic rings. The third-order valence-corrected chi connectivity index (χ3v) is 5.74. The SMILES string of the molecule is CC(C)Cn1cc(C(=O)NCc2ccc(F)cc2Cl)c2c3ccccc3n(C)c2c1=O. The van der Waals surface area contributed by atoms with Crippen molar-refractivity contribution in [2.75, 3.05) is 0 Å². The van der Waals surface area contributed by atoms with E-state index >= 15 is 0 Å². The molecule has 0 bridgehead atoms. The van der Waals surface area contributed by atoms with Crippen LogP contribution in [-0.4, -0.2) is 15.0 Å². The number of para-hydroxylation sites is 1. The molecule has 0 fully saturated rings. The second-order valence-corrected chi connectivity index (χ2v) is 8.52. The minimum atomic E-state index is -0.432. The van der Waals surface area contributed by atoms with E-state index < -0.39 is 5.82 Å². The van der Waals surface area contributed by atoms with Crippen molar-refractivity contribution in [2.24, 2.45) is 13.0 Å². The fraction of sp³-hybridized carbons (Fsp3) is 0.250. The Labute approximate surface area is 184 Å². The Morgan fingerprint density at radius 3 is 2.65 bits per heavy atom. The zero-order chi connectivity index (χ0) is 22.3. The molecule has 7 heteroatoms. The summed E-state index contributed by atoms with van der Waals surface area (Å²) in [6.45, 7) is 4.69. The monoisotopic (exact) mass is 439 g/mol. The van der Waals surface area contributed by atoms with Gasteiger partial charge in [0.15, 0.2) is 0 Å². The second kappa shape index (κ2) is 8.19. The van der Waals surface area contributed by atoms with Gasteiger partial charge in [-0.3, -0.25) is 9.59 Å². The van der Waals surface area contributed by atoms with Crippen LogP contribution < -0.4 is 10.9 Å². The van der Waals surface area contributed by atoms with E-state index in [4.69, 9.17) is 11.6 Å².